The van der Waals surface area contributed by atoms with E-state index in [9.17, 15) is 13.6 Å². The third kappa shape index (κ3) is 3.84. The van der Waals surface area contributed by atoms with Crippen molar-refractivity contribution in [1.29, 1.82) is 0 Å². The molecule has 0 amide bonds. The molecule has 0 heterocycles. The maximum atomic E-state index is 13.1. The molecule has 0 saturated carbocycles. The van der Waals surface area contributed by atoms with Gasteiger partial charge in [0.15, 0.2) is 29.8 Å². The number of hydrogen-bond donors (Lipinski definition) is 0. The highest BCUT2D eigenvalue weighted by Crippen LogP contribution is 2.35. The van der Waals surface area contributed by atoms with Gasteiger partial charge in [0.05, 0.1) is 10.0 Å². The van der Waals surface area contributed by atoms with E-state index in [2.05, 4.69) is 0 Å². The Bertz CT molecular complexity index is 682. The van der Waals surface area contributed by atoms with Crippen molar-refractivity contribution in [2.45, 2.75) is 0 Å². The molecule has 21 heavy (non-hydrogen) atoms. The predicted octanol–water partition coefficient (Wildman–Crippen LogP) is 5.19. The van der Waals surface area contributed by atoms with E-state index in [1.54, 1.807) is 0 Å². The number of rotatable bonds is 4. The maximum absolute atomic E-state index is 13.1. The van der Waals surface area contributed by atoms with Gasteiger partial charge in [-0.05, 0) is 30.3 Å². The molecule has 0 aliphatic rings. The molecule has 0 atom stereocenters. The van der Waals surface area contributed by atoms with Crippen LogP contribution in [0.2, 0.25) is 15.1 Å². The molecule has 0 spiro atoms. The molecule has 110 valence electrons. The molecule has 0 aliphatic carbocycles. The topological polar surface area (TPSA) is 26.3 Å². The number of hydrogen-bond acceptors (Lipinski definition) is 2. The van der Waals surface area contributed by atoms with Gasteiger partial charge in [0, 0.05) is 10.6 Å². The Balaban J connectivity index is 2.13. The molecule has 0 radical (unpaired) electrons. The van der Waals surface area contributed by atoms with Crippen LogP contribution in [0, 0.1) is 11.6 Å². The fourth-order valence-electron chi connectivity index (χ4n) is 1.56. The first kappa shape index (κ1) is 16.0. The summed E-state index contributed by atoms with van der Waals surface area (Å²) in [5.41, 5.74) is -0.0184. The molecule has 7 heteroatoms. The number of ether oxygens (including phenoxy) is 1. The monoisotopic (exact) mass is 350 g/mol. The second-order valence-corrected chi connectivity index (χ2v) is 5.29. The molecule has 0 aliphatic heterocycles. The van der Waals surface area contributed by atoms with Gasteiger partial charge in [-0.3, -0.25) is 4.79 Å². The lowest BCUT2D eigenvalue weighted by molar-refractivity contribution is 0.0921. The minimum absolute atomic E-state index is 0.0184. The second-order valence-electron chi connectivity index (χ2n) is 4.04. The molecule has 0 aromatic heterocycles. The maximum Gasteiger partial charge on any atom is 0.200 e. The van der Waals surface area contributed by atoms with E-state index in [-0.39, 0.29) is 21.4 Å². The molecule has 2 rings (SSSR count). The van der Waals surface area contributed by atoms with Crippen LogP contribution in [0.15, 0.2) is 30.3 Å². The molecule has 0 bridgehead atoms. The van der Waals surface area contributed by atoms with Crippen molar-refractivity contribution < 1.29 is 18.3 Å². The minimum Gasteiger partial charge on any atom is -0.482 e. The zero-order chi connectivity index (χ0) is 15.6. The number of benzene rings is 2. The summed E-state index contributed by atoms with van der Waals surface area (Å²) in [5.74, 6) is -2.59. The van der Waals surface area contributed by atoms with E-state index in [0.29, 0.717) is 5.02 Å². The Hall–Kier alpha value is -1.36. The van der Waals surface area contributed by atoms with Gasteiger partial charge < -0.3 is 4.74 Å². The highest BCUT2D eigenvalue weighted by atomic mass is 35.5. The highest BCUT2D eigenvalue weighted by Gasteiger charge is 2.14. The van der Waals surface area contributed by atoms with Gasteiger partial charge in [0.25, 0.3) is 0 Å². The van der Waals surface area contributed by atoms with Crippen molar-refractivity contribution in [3.05, 3.63) is 62.6 Å². The smallest absolute Gasteiger partial charge is 0.200 e. The normalized spacial score (nSPS) is 10.5. The Morgan fingerprint density at radius 2 is 1.62 bits per heavy atom. The van der Waals surface area contributed by atoms with Crippen molar-refractivity contribution in [3.8, 4) is 5.75 Å². The average molecular weight is 352 g/mol. The first-order valence-corrected chi connectivity index (χ1v) is 6.77. The average Bonchev–Trinajstić information content (AvgIpc) is 2.40. The molecule has 2 aromatic carbocycles. The lowest BCUT2D eigenvalue weighted by Gasteiger charge is -2.10. The number of carbonyl (C=O) groups excluding carboxylic acids is 1. The van der Waals surface area contributed by atoms with Gasteiger partial charge in [-0.15, -0.1) is 0 Å². The number of Topliss-reactive ketones (excluding diaryl/α,β-unsaturated/α-hetero) is 1. The molecular formula is C14H7Cl3F2O2. The predicted molar refractivity (Wildman–Crippen MR) is 77.7 cm³/mol. The van der Waals surface area contributed by atoms with E-state index >= 15 is 0 Å². The van der Waals surface area contributed by atoms with Crippen molar-refractivity contribution >= 4 is 40.6 Å². The minimum atomic E-state index is -1.11. The van der Waals surface area contributed by atoms with E-state index in [1.165, 1.54) is 12.1 Å². The molecule has 0 saturated heterocycles. The van der Waals surface area contributed by atoms with E-state index in [1.807, 2.05) is 0 Å². The number of ketones is 1. The fourth-order valence-corrected chi connectivity index (χ4v) is 2.48. The summed E-state index contributed by atoms with van der Waals surface area (Å²) in [6.07, 6.45) is 0. The standard InChI is InChI=1S/C14H7Cl3F2O2/c15-8-4-9(16)14(10(17)5-8)21-6-13(20)7-1-2-11(18)12(19)3-7/h1-5H,6H2. The summed E-state index contributed by atoms with van der Waals surface area (Å²) >= 11 is 17.5. The molecule has 2 aromatic rings. The Morgan fingerprint density at radius 1 is 1.00 bits per heavy atom. The largest absolute Gasteiger partial charge is 0.482 e. The third-order valence-corrected chi connectivity index (χ3v) is 3.33. The van der Waals surface area contributed by atoms with Crippen LogP contribution in [-0.2, 0) is 0 Å². The van der Waals surface area contributed by atoms with Crippen LogP contribution in [0.1, 0.15) is 10.4 Å². The van der Waals surface area contributed by atoms with Crippen LogP contribution in [0.4, 0.5) is 8.78 Å². The van der Waals surface area contributed by atoms with Crippen molar-refractivity contribution in [2.24, 2.45) is 0 Å². The Morgan fingerprint density at radius 3 is 2.19 bits per heavy atom. The zero-order valence-corrected chi connectivity index (χ0v) is 12.6. The Kier molecular flexibility index (Phi) is 5.04. The second kappa shape index (κ2) is 6.60. The lowest BCUT2D eigenvalue weighted by Crippen LogP contribution is -2.12. The SMILES string of the molecule is O=C(COc1c(Cl)cc(Cl)cc1Cl)c1ccc(F)c(F)c1. The quantitative estimate of drug-likeness (QED) is 0.709. The van der Waals surface area contributed by atoms with Crippen LogP contribution in [0.25, 0.3) is 0 Å². The van der Waals surface area contributed by atoms with Gasteiger partial charge in [0.2, 0.25) is 0 Å². The van der Waals surface area contributed by atoms with Crippen molar-refractivity contribution in [1.82, 2.24) is 0 Å². The van der Waals surface area contributed by atoms with Gasteiger partial charge in [0.1, 0.15) is 0 Å². The lowest BCUT2D eigenvalue weighted by atomic mass is 10.1. The molecule has 0 N–H and O–H groups in total. The van der Waals surface area contributed by atoms with Crippen LogP contribution >= 0.6 is 34.8 Å². The van der Waals surface area contributed by atoms with Crippen LogP contribution in [0.3, 0.4) is 0 Å². The van der Waals surface area contributed by atoms with Crippen molar-refractivity contribution in [2.75, 3.05) is 6.61 Å². The molecule has 0 unspecified atom stereocenters. The Labute approximate surface area is 134 Å². The first-order chi connectivity index (χ1) is 9.88. The highest BCUT2D eigenvalue weighted by molar-refractivity contribution is 6.40. The van der Waals surface area contributed by atoms with Gasteiger partial charge in [-0.25, -0.2) is 8.78 Å². The summed E-state index contributed by atoms with van der Waals surface area (Å²) < 4.78 is 31.1. The van der Waals surface area contributed by atoms with Gasteiger partial charge in [-0.2, -0.15) is 0 Å². The molecule has 2 nitrogen and oxygen atoms in total. The molecular weight excluding hydrogens is 345 g/mol. The van der Waals surface area contributed by atoms with E-state index < -0.39 is 24.0 Å². The number of carbonyl (C=O) groups is 1. The summed E-state index contributed by atoms with van der Waals surface area (Å²) in [6.45, 7) is -0.424. The number of halogens is 5. The van der Waals surface area contributed by atoms with E-state index in [4.69, 9.17) is 39.5 Å². The van der Waals surface area contributed by atoms with Crippen molar-refractivity contribution in [3.63, 3.8) is 0 Å². The first-order valence-electron chi connectivity index (χ1n) is 5.64. The van der Waals surface area contributed by atoms with E-state index in [0.717, 1.165) is 18.2 Å². The van der Waals surface area contributed by atoms with Crippen LogP contribution in [0.5, 0.6) is 5.75 Å². The van der Waals surface area contributed by atoms with Crippen LogP contribution in [-0.4, -0.2) is 12.4 Å². The molecule has 0 fully saturated rings. The fraction of sp³-hybridized carbons (Fsp3) is 0.0714. The summed E-state index contributed by atoms with van der Waals surface area (Å²) in [5, 5.41) is 0.612. The van der Waals surface area contributed by atoms with Gasteiger partial charge in [-0.1, -0.05) is 34.8 Å². The van der Waals surface area contributed by atoms with Crippen LogP contribution < -0.4 is 4.74 Å². The van der Waals surface area contributed by atoms with Gasteiger partial charge >= 0.3 is 0 Å². The summed E-state index contributed by atoms with van der Waals surface area (Å²) in [7, 11) is 0. The zero-order valence-electron chi connectivity index (χ0n) is 10.3. The summed E-state index contributed by atoms with van der Waals surface area (Å²) in [4.78, 5) is 11.8. The third-order valence-electron chi connectivity index (χ3n) is 2.55. The summed E-state index contributed by atoms with van der Waals surface area (Å²) in [6, 6.07) is 5.64.